The Labute approximate surface area is 131 Å². The predicted octanol–water partition coefficient (Wildman–Crippen LogP) is 6.64. The zero-order valence-electron chi connectivity index (χ0n) is 8.23. The summed E-state index contributed by atoms with van der Waals surface area (Å²) in [5, 5.41) is 2.17. The van der Waals surface area contributed by atoms with Crippen LogP contribution in [0.3, 0.4) is 0 Å². The molecule has 3 aromatic rings. The van der Waals surface area contributed by atoms with Crippen LogP contribution in [0.15, 0.2) is 46.6 Å². The first kappa shape index (κ1) is 12.2. The summed E-state index contributed by atoms with van der Waals surface area (Å²) in [6, 6.07) is 7.99. The summed E-state index contributed by atoms with van der Waals surface area (Å²) in [6.07, 6.45) is 0. The lowest BCUT2D eigenvalue weighted by atomic mass is 10.1. The van der Waals surface area contributed by atoms with Crippen LogP contribution in [-0.4, -0.2) is 0 Å². The Bertz CT molecular complexity index is 745. The van der Waals surface area contributed by atoms with E-state index in [1.54, 1.807) is 0 Å². The maximum atomic E-state index is 5.87. The maximum Gasteiger partial charge on any atom is 0.150 e. The van der Waals surface area contributed by atoms with Gasteiger partial charge in [-0.05, 0) is 88.0 Å². The average Bonchev–Trinajstić information content (AvgIpc) is 2.69. The number of halogens is 4. The third-order valence-electron chi connectivity index (χ3n) is 2.59. The van der Waals surface area contributed by atoms with Crippen molar-refractivity contribution in [2.75, 3.05) is 0 Å². The van der Waals surface area contributed by atoms with Crippen molar-refractivity contribution < 1.29 is 4.42 Å². The van der Waals surface area contributed by atoms with Gasteiger partial charge in [0.15, 0.2) is 5.58 Å². The molecule has 86 valence electrons. The van der Waals surface area contributed by atoms with E-state index in [0.29, 0.717) is 0 Å². The van der Waals surface area contributed by atoms with Crippen molar-refractivity contribution in [3.63, 3.8) is 0 Å². The fourth-order valence-corrected chi connectivity index (χ4v) is 3.42. The van der Waals surface area contributed by atoms with Crippen LogP contribution in [0.25, 0.3) is 21.9 Å². The number of benzene rings is 2. The smallest absolute Gasteiger partial charge is 0.150 e. The van der Waals surface area contributed by atoms with Crippen molar-refractivity contribution in [3.05, 3.63) is 42.2 Å². The molecule has 17 heavy (non-hydrogen) atoms. The van der Waals surface area contributed by atoms with Crippen LogP contribution >= 0.6 is 63.7 Å². The molecule has 5 heteroatoms. The molecular weight excluding hydrogens is 480 g/mol. The summed E-state index contributed by atoms with van der Waals surface area (Å²) < 4.78 is 9.83. The van der Waals surface area contributed by atoms with Gasteiger partial charge in [-0.3, -0.25) is 0 Å². The fourth-order valence-electron chi connectivity index (χ4n) is 1.81. The van der Waals surface area contributed by atoms with E-state index in [1.165, 1.54) is 0 Å². The number of rotatable bonds is 0. The lowest BCUT2D eigenvalue weighted by molar-refractivity contribution is 0.666. The van der Waals surface area contributed by atoms with Gasteiger partial charge in [0.1, 0.15) is 5.58 Å². The molecule has 0 amide bonds. The summed E-state index contributed by atoms with van der Waals surface area (Å²) in [6.45, 7) is 0. The third-order valence-corrected chi connectivity index (χ3v) is 6.58. The van der Waals surface area contributed by atoms with Gasteiger partial charge in [0.05, 0.1) is 4.47 Å². The standard InChI is InChI=1S/C12H4Br4O/c13-6-3-4-8-9(10(6)15)5-1-2-7(14)11(16)12(5)17-8/h1-4H. The second-order valence-electron chi connectivity index (χ2n) is 3.57. The molecule has 0 aliphatic heterocycles. The molecule has 0 atom stereocenters. The van der Waals surface area contributed by atoms with Gasteiger partial charge in [-0.2, -0.15) is 0 Å². The minimum absolute atomic E-state index is 0.855. The molecule has 3 rings (SSSR count). The highest BCUT2D eigenvalue weighted by molar-refractivity contribution is 9.13. The molecule has 0 bridgehead atoms. The second kappa shape index (κ2) is 4.37. The second-order valence-corrected chi connectivity index (χ2v) is 6.87. The predicted molar refractivity (Wildman–Crippen MR) is 84.5 cm³/mol. The van der Waals surface area contributed by atoms with Crippen LogP contribution in [0.4, 0.5) is 0 Å². The van der Waals surface area contributed by atoms with E-state index in [9.17, 15) is 0 Å². The van der Waals surface area contributed by atoms with Gasteiger partial charge >= 0.3 is 0 Å². The van der Waals surface area contributed by atoms with E-state index in [4.69, 9.17) is 4.42 Å². The van der Waals surface area contributed by atoms with Crippen molar-refractivity contribution >= 4 is 85.7 Å². The van der Waals surface area contributed by atoms with E-state index in [0.717, 1.165) is 39.8 Å². The molecule has 0 aliphatic rings. The van der Waals surface area contributed by atoms with Crippen LogP contribution < -0.4 is 0 Å². The van der Waals surface area contributed by atoms with E-state index < -0.39 is 0 Å². The monoisotopic (exact) mass is 480 g/mol. The Morgan fingerprint density at radius 2 is 1.41 bits per heavy atom. The van der Waals surface area contributed by atoms with Gasteiger partial charge in [0.25, 0.3) is 0 Å². The number of fused-ring (bicyclic) bond motifs is 3. The highest BCUT2D eigenvalue weighted by Crippen LogP contribution is 2.42. The fraction of sp³-hybridized carbons (Fsp3) is 0. The Balaban J connectivity index is 2.60. The van der Waals surface area contributed by atoms with Crippen LogP contribution in [0.1, 0.15) is 0 Å². The maximum absolute atomic E-state index is 5.87. The highest BCUT2D eigenvalue weighted by atomic mass is 79.9. The van der Waals surface area contributed by atoms with Gasteiger partial charge in [0.2, 0.25) is 0 Å². The first-order chi connectivity index (χ1) is 8.09. The third kappa shape index (κ3) is 1.82. The molecule has 1 heterocycles. The largest absolute Gasteiger partial charge is 0.455 e. The molecule has 1 nitrogen and oxygen atoms in total. The van der Waals surface area contributed by atoms with Gasteiger partial charge in [-0.25, -0.2) is 0 Å². The quantitative estimate of drug-likeness (QED) is 0.349. The van der Waals surface area contributed by atoms with Gasteiger partial charge < -0.3 is 4.42 Å². The van der Waals surface area contributed by atoms with E-state index in [1.807, 2.05) is 24.3 Å². The first-order valence-electron chi connectivity index (χ1n) is 4.74. The summed E-state index contributed by atoms with van der Waals surface area (Å²) in [5.74, 6) is 0. The van der Waals surface area contributed by atoms with E-state index in [-0.39, 0.29) is 0 Å². The summed E-state index contributed by atoms with van der Waals surface area (Å²) in [4.78, 5) is 0. The van der Waals surface area contributed by atoms with Crippen molar-refractivity contribution in [3.8, 4) is 0 Å². The van der Waals surface area contributed by atoms with Crippen molar-refractivity contribution in [2.45, 2.75) is 0 Å². The number of hydrogen-bond acceptors (Lipinski definition) is 1. The molecule has 0 saturated heterocycles. The molecule has 0 aliphatic carbocycles. The first-order valence-corrected chi connectivity index (χ1v) is 7.91. The van der Waals surface area contributed by atoms with Crippen LogP contribution in [0, 0.1) is 0 Å². The molecule has 0 spiro atoms. The molecule has 0 unspecified atom stereocenters. The summed E-state index contributed by atoms with van der Waals surface area (Å²) in [7, 11) is 0. The molecule has 0 saturated carbocycles. The molecule has 0 N–H and O–H groups in total. The molecule has 0 radical (unpaired) electrons. The molecule has 2 aromatic carbocycles. The molecule has 1 aromatic heterocycles. The topological polar surface area (TPSA) is 13.1 Å². The van der Waals surface area contributed by atoms with E-state index in [2.05, 4.69) is 63.7 Å². The average molecular weight is 484 g/mol. The van der Waals surface area contributed by atoms with Gasteiger partial charge in [-0.1, -0.05) is 0 Å². The van der Waals surface area contributed by atoms with Gasteiger partial charge in [0, 0.05) is 24.2 Å². The van der Waals surface area contributed by atoms with E-state index >= 15 is 0 Å². The lowest BCUT2D eigenvalue weighted by Crippen LogP contribution is -1.73. The number of hydrogen-bond donors (Lipinski definition) is 0. The zero-order valence-corrected chi connectivity index (χ0v) is 14.6. The Morgan fingerprint density at radius 1 is 0.765 bits per heavy atom. The molecular formula is C12H4Br4O. The zero-order chi connectivity index (χ0) is 12.2. The van der Waals surface area contributed by atoms with Crippen LogP contribution in [-0.2, 0) is 0 Å². The molecule has 0 fully saturated rings. The minimum atomic E-state index is 0.855. The van der Waals surface area contributed by atoms with Crippen molar-refractivity contribution in [1.82, 2.24) is 0 Å². The van der Waals surface area contributed by atoms with Crippen molar-refractivity contribution in [1.29, 1.82) is 0 Å². The van der Waals surface area contributed by atoms with Crippen molar-refractivity contribution in [2.24, 2.45) is 0 Å². The lowest BCUT2D eigenvalue weighted by Gasteiger charge is -1.98. The highest BCUT2D eigenvalue weighted by Gasteiger charge is 2.15. The normalized spacial score (nSPS) is 11.5. The SMILES string of the molecule is Brc1ccc2c(oc3ccc(Br)c(Br)c32)c1Br. The summed E-state index contributed by atoms with van der Waals surface area (Å²) >= 11 is 14.1. The minimum Gasteiger partial charge on any atom is -0.455 e. The van der Waals surface area contributed by atoms with Crippen LogP contribution in [0.2, 0.25) is 0 Å². The van der Waals surface area contributed by atoms with Crippen LogP contribution in [0.5, 0.6) is 0 Å². The number of furan rings is 1. The Kier molecular flexibility index (Phi) is 3.14. The Morgan fingerprint density at radius 3 is 2.18 bits per heavy atom. The Hall–Kier alpha value is 0.160. The van der Waals surface area contributed by atoms with Gasteiger partial charge in [-0.15, -0.1) is 0 Å². The summed E-state index contributed by atoms with van der Waals surface area (Å²) in [5.41, 5.74) is 1.72.